The van der Waals surface area contributed by atoms with Gasteiger partial charge >= 0.3 is 10.1 Å². The lowest BCUT2D eigenvalue weighted by atomic mass is 10.2. The summed E-state index contributed by atoms with van der Waals surface area (Å²) >= 11 is 6.59. The van der Waals surface area contributed by atoms with Crippen LogP contribution in [0.1, 0.15) is 11.1 Å². The minimum absolute atomic E-state index is 0.0896. The Morgan fingerprint density at radius 1 is 0.935 bits per heavy atom. The fourth-order valence-electron chi connectivity index (χ4n) is 2.92. The Hall–Kier alpha value is -2.94. The molecule has 8 heteroatoms. The van der Waals surface area contributed by atoms with Crippen molar-refractivity contribution in [2.75, 3.05) is 4.90 Å². The maximum absolute atomic E-state index is 12.8. The first-order chi connectivity index (χ1) is 14.8. The number of carbonyl (C=O) groups is 1. The number of amides is 1. The van der Waals surface area contributed by atoms with Crippen LogP contribution in [0.5, 0.6) is 5.75 Å². The normalized spacial score (nSPS) is 15.5. The summed E-state index contributed by atoms with van der Waals surface area (Å²) < 4.78 is 30.5. The molecule has 1 heterocycles. The van der Waals surface area contributed by atoms with Gasteiger partial charge in [0.15, 0.2) is 4.32 Å². The average Bonchev–Trinajstić information content (AvgIpc) is 3.03. The van der Waals surface area contributed by atoms with Gasteiger partial charge in [-0.1, -0.05) is 72.0 Å². The summed E-state index contributed by atoms with van der Waals surface area (Å²) in [6.07, 6.45) is 1.72. The Labute approximate surface area is 190 Å². The first-order valence-corrected chi connectivity index (χ1v) is 11.9. The fourth-order valence-corrected chi connectivity index (χ4v) is 5.15. The van der Waals surface area contributed by atoms with Gasteiger partial charge in [-0.3, -0.25) is 9.69 Å². The second-order valence-electron chi connectivity index (χ2n) is 6.77. The number of hydrogen-bond donors (Lipinski definition) is 0. The third kappa shape index (κ3) is 4.71. The third-order valence-electron chi connectivity index (χ3n) is 4.50. The molecule has 0 bridgehead atoms. The summed E-state index contributed by atoms with van der Waals surface area (Å²) in [7, 11) is -3.92. The van der Waals surface area contributed by atoms with Gasteiger partial charge in [-0.15, -0.1) is 0 Å². The van der Waals surface area contributed by atoms with E-state index in [4.69, 9.17) is 16.4 Å². The lowest BCUT2D eigenvalue weighted by molar-refractivity contribution is -0.113. The molecule has 156 valence electrons. The SMILES string of the molecule is Cc1ccc(S(=O)(=O)Oc2ccc(/C=C3\SC(=S)N(c4ccccc4)C3=O)cc2)cc1. The van der Waals surface area contributed by atoms with Gasteiger partial charge in [0.1, 0.15) is 10.6 Å². The number of aryl methyl sites for hydroxylation is 1. The van der Waals surface area contributed by atoms with Crippen LogP contribution in [0.2, 0.25) is 0 Å². The van der Waals surface area contributed by atoms with Crippen molar-refractivity contribution in [1.29, 1.82) is 0 Å². The zero-order chi connectivity index (χ0) is 22.0. The summed E-state index contributed by atoms with van der Waals surface area (Å²) in [4.78, 5) is 14.9. The van der Waals surface area contributed by atoms with Crippen LogP contribution in [0.15, 0.2) is 88.7 Å². The minimum atomic E-state index is -3.92. The van der Waals surface area contributed by atoms with E-state index in [9.17, 15) is 13.2 Å². The molecule has 0 unspecified atom stereocenters. The Morgan fingerprint density at radius 2 is 1.58 bits per heavy atom. The number of thiocarbonyl (C=S) groups is 1. The smallest absolute Gasteiger partial charge is 0.339 e. The number of hydrogen-bond acceptors (Lipinski definition) is 6. The Balaban J connectivity index is 1.51. The van der Waals surface area contributed by atoms with Crippen LogP contribution < -0.4 is 9.08 Å². The monoisotopic (exact) mass is 467 g/mol. The van der Waals surface area contributed by atoms with Gasteiger partial charge in [0.25, 0.3) is 5.91 Å². The second-order valence-corrected chi connectivity index (χ2v) is 9.99. The minimum Gasteiger partial charge on any atom is -0.379 e. The van der Waals surface area contributed by atoms with E-state index < -0.39 is 10.1 Å². The Morgan fingerprint density at radius 3 is 2.23 bits per heavy atom. The second kappa shape index (κ2) is 8.66. The fraction of sp³-hybridized carbons (Fsp3) is 0.0435. The first-order valence-electron chi connectivity index (χ1n) is 9.28. The van der Waals surface area contributed by atoms with Crippen molar-refractivity contribution in [3.05, 3.63) is 94.9 Å². The van der Waals surface area contributed by atoms with Crippen LogP contribution in [0, 0.1) is 6.92 Å². The van der Waals surface area contributed by atoms with Crippen LogP contribution in [0.25, 0.3) is 6.08 Å². The third-order valence-corrected chi connectivity index (χ3v) is 7.07. The van der Waals surface area contributed by atoms with Crippen LogP contribution in [-0.2, 0) is 14.9 Å². The molecule has 1 fully saturated rings. The quantitative estimate of drug-likeness (QED) is 0.293. The number of thioether (sulfide) groups is 1. The molecule has 1 saturated heterocycles. The van der Waals surface area contributed by atoms with Crippen molar-refractivity contribution in [3.8, 4) is 5.75 Å². The van der Waals surface area contributed by atoms with Crippen molar-refractivity contribution < 1.29 is 17.4 Å². The van der Waals surface area contributed by atoms with Gasteiger partial charge < -0.3 is 4.18 Å². The van der Waals surface area contributed by atoms with Crippen LogP contribution >= 0.6 is 24.0 Å². The molecule has 31 heavy (non-hydrogen) atoms. The average molecular weight is 468 g/mol. The van der Waals surface area contributed by atoms with E-state index in [2.05, 4.69) is 0 Å². The lowest BCUT2D eigenvalue weighted by Crippen LogP contribution is -2.27. The number of carbonyl (C=O) groups excluding carboxylic acids is 1. The molecule has 0 N–H and O–H groups in total. The Kier molecular flexibility index (Phi) is 5.95. The molecule has 1 aliphatic heterocycles. The number of nitrogens with zero attached hydrogens (tertiary/aromatic N) is 1. The number of anilines is 1. The van der Waals surface area contributed by atoms with Crippen LogP contribution in [0.4, 0.5) is 5.69 Å². The van der Waals surface area contributed by atoms with Crippen LogP contribution in [-0.4, -0.2) is 18.6 Å². The van der Waals surface area contributed by atoms with E-state index >= 15 is 0 Å². The molecule has 4 rings (SSSR count). The molecule has 0 spiro atoms. The zero-order valence-corrected chi connectivity index (χ0v) is 18.8. The molecular formula is C23H17NO4S3. The molecule has 0 atom stereocenters. The Bertz CT molecular complexity index is 1270. The molecule has 1 aliphatic rings. The van der Waals surface area contributed by atoms with Gasteiger partial charge in [-0.25, -0.2) is 0 Å². The predicted molar refractivity (Wildman–Crippen MR) is 128 cm³/mol. The van der Waals surface area contributed by atoms with E-state index in [0.717, 1.165) is 16.8 Å². The molecule has 0 saturated carbocycles. The molecule has 3 aromatic carbocycles. The molecule has 5 nitrogen and oxygen atoms in total. The number of benzene rings is 3. The first kappa shape index (κ1) is 21.3. The van der Waals surface area contributed by atoms with E-state index in [-0.39, 0.29) is 16.6 Å². The number of para-hydroxylation sites is 1. The molecule has 1 amide bonds. The van der Waals surface area contributed by atoms with E-state index in [1.807, 2.05) is 37.3 Å². The maximum Gasteiger partial charge on any atom is 0.339 e. The highest BCUT2D eigenvalue weighted by atomic mass is 32.2. The van der Waals surface area contributed by atoms with E-state index in [1.54, 1.807) is 42.5 Å². The van der Waals surface area contributed by atoms with Crippen molar-refractivity contribution in [3.63, 3.8) is 0 Å². The molecule has 0 radical (unpaired) electrons. The van der Waals surface area contributed by atoms with Crippen molar-refractivity contribution in [2.45, 2.75) is 11.8 Å². The number of rotatable bonds is 5. The topological polar surface area (TPSA) is 63.7 Å². The summed E-state index contributed by atoms with van der Waals surface area (Å²) in [6.45, 7) is 1.88. The lowest BCUT2D eigenvalue weighted by Gasteiger charge is -2.13. The maximum atomic E-state index is 12.8. The molecule has 3 aromatic rings. The standard InChI is InChI=1S/C23H17NO4S3/c1-16-7-13-20(14-8-16)31(26,27)28-19-11-9-17(10-12-19)15-21-22(25)24(23(29)30-21)18-5-3-2-4-6-18/h2-15H,1H3/b21-15-. The van der Waals surface area contributed by atoms with Gasteiger partial charge in [0, 0.05) is 0 Å². The summed E-state index contributed by atoms with van der Waals surface area (Å²) in [5.74, 6) is -0.00182. The highest BCUT2D eigenvalue weighted by Crippen LogP contribution is 2.36. The van der Waals surface area contributed by atoms with E-state index in [0.29, 0.717) is 9.23 Å². The van der Waals surface area contributed by atoms with Gasteiger partial charge in [0.05, 0.1) is 10.6 Å². The van der Waals surface area contributed by atoms with Crippen molar-refractivity contribution in [2.24, 2.45) is 0 Å². The van der Waals surface area contributed by atoms with Gasteiger partial charge in [0.2, 0.25) is 0 Å². The highest BCUT2D eigenvalue weighted by molar-refractivity contribution is 8.27. The van der Waals surface area contributed by atoms with Crippen molar-refractivity contribution in [1.82, 2.24) is 0 Å². The summed E-state index contributed by atoms with van der Waals surface area (Å²) in [6, 6.07) is 22.1. The van der Waals surface area contributed by atoms with Gasteiger partial charge in [-0.05, 0) is 55.0 Å². The largest absolute Gasteiger partial charge is 0.379 e. The van der Waals surface area contributed by atoms with E-state index in [1.165, 1.54) is 28.8 Å². The molecule has 0 aromatic heterocycles. The van der Waals surface area contributed by atoms with Crippen LogP contribution in [0.3, 0.4) is 0 Å². The van der Waals surface area contributed by atoms with Gasteiger partial charge in [-0.2, -0.15) is 8.42 Å². The zero-order valence-electron chi connectivity index (χ0n) is 16.4. The highest BCUT2D eigenvalue weighted by Gasteiger charge is 2.33. The summed E-state index contributed by atoms with van der Waals surface area (Å²) in [5.41, 5.74) is 2.41. The predicted octanol–water partition coefficient (Wildman–Crippen LogP) is 5.17. The summed E-state index contributed by atoms with van der Waals surface area (Å²) in [5, 5.41) is 0. The molecular weight excluding hydrogens is 450 g/mol. The van der Waals surface area contributed by atoms with Crippen molar-refractivity contribution >= 4 is 56.1 Å². The molecule has 0 aliphatic carbocycles.